The first kappa shape index (κ1) is 13.8. The van der Waals surface area contributed by atoms with E-state index in [1.807, 2.05) is 0 Å². The number of nitro benzene ring substituents is 1. The molecule has 1 aromatic rings. The van der Waals surface area contributed by atoms with Gasteiger partial charge in [-0.1, -0.05) is 12.2 Å². The maximum atomic E-state index is 11.4. The second kappa shape index (κ2) is 5.92. The number of anilines is 1. The van der Waals surface area contributed by atoms with Crippen molar-refractivity contribution in [3.63, 3.8) is 0 Å². The summed E-state index contributed by atoms with van der Waals surface area (Å²) in [7, 11) is 1.39. The molecule has 0 bridgehead atoms. The van der Waals surface area contributed by atoms with Gasteiger partial charge in [0.25, 0.3) is 5.69 Å². The first-order valence-corrected chi connectivity index (χ1v) is 5.25. The van der Waals surface area contributed by atoms with Crippen LogP contribution in [0.3, 0.4) is 0 Å². The zero-order valence-corrected chi connectivity index (χ0v) is 10.3. The standard InChI is InChI=1S/C10H11N3O4S/c1-17-6-2-3-7(8(4-6)13(15)16)12-10(14)5-9(11)18/h2-4H,5H2,1H3,(H2,11,18)(H,12,14). The minimum absolute atomic E-state index is 0.0173. The minimum atomic E-state index is -0.612. The molecule has 0 saturated carbocycles. The molecular weight excluding hydrogens is 258 g/mol. The monoisotopic (exact) mass is 269 g/mol. The molecule has 0 aliphatic carbocycles. The summed E-state index contributed by atoms with van der Waals surface area (Å²) in [5.41, 5.74) is 5.02. The average Bonchev–Trinajstić information content (AvgIpc) is 2.28. The third-order valence-electron chi connectivity index (χ3n) is 2.01. The van der Waals surface area contributed by atoms with Crippen LogP contribution in [-0.2, 0) is 4.79 Å². The number of benzene rings is 1. The molecule has 1 amide bonds. The molecule has 0 aliphatic heterocycles. The number of nitro groups is 1. The first-order chi connectivity index (χ1) is 8.43. The van der Waals surface area contributed by atoms with Crippen LogP contribution in [-0.4, -0.2) is 22.9 Å². The number of thiocarbonyl (C=S) groups is 1. The van der Waals surface area contributed by atoms with E-state index < -0.39 is 10.8 Å². The molecule has 3 N–H and O–H groups in total. The number of rotatable bonds is 5. The molecular formula is C10H11N3O4S. The van der Waals surface area contributed by atoms with Crippen molar-refractivity contribution in [3.05, 3.63) is 28.3 Å². The van der Waals surface area contributed by atoms with E-state index >= 15 is 0 Å². The van der Waals surface area contributed by atoms with Crippen LogP contribution in [0.4, 0.5) is 11.4 Å². The molecule has 0 aromatic heterocycles. The third-order valence-corrected chi connectivity index (χ3v) is 2.15. The molecule has 0 saturated heterocycles. The number of nitrogens with two attached hydrogens (primary N) is 1. The van der Waals surface area contributed by atoms with Crippen molar-refractivity contribution in [3.8, 4) is 5.75 Å². The zero-order valence-electron chi connectivity index (χ0n) is 9.50. The highest BCUT2D eigenvalue weighted by Crippen LogP contribution is 2.28. The second-order valence-electron chi connectivity index (χ2n) is 3.33. The fourth-order valence-electron chi connectivity index (χ4n) is 1.25. The molecule has 7 nitrogen and oxygen atoms in total. The first-order valence-electron chi connectivity index (χ1n) is 4.84. The van der Waals surface area contributed by atoms with Crippen LogP contribution in [0.15, 0.2) is 18.2 Å². The van der Waals surface area contributed by atoms with Gasteiger partial charge < -0.3 is 15.8 Å². The van der Waals surface area contributed by atoms with Gasteiger partial charge >= 0.3 is 0 Å². The lowest BCUT2D eigenvalue weighted by atomic mass is 10.2. The molecule has 0 heterocycles. The van der Waals surface area contributed by atoms with Crippen molar-refractivity contribution < 1.29 is 14.5 Å². The van der Waals surface area contributed by atoms with E-state index in [4.69, 9.17) is 10.5 Å². The van der Waals surface area contributed by atoms with Gasteiger partial charge in [-0.2, -0.15) is 0 Å². The SMILES string of the molecule is COc1ccc(NC(=O)CC(N)=S)c([N+](=O)[O-])c1. The smallest absolute Gasteiger partial charge is 0.296 e. The predicted molar refractivity (Wildman–Crippen MR) is 69.7 cm³/mol. The summed E-state index contributed by atoms with van der Waals surface area (Å²) in [5, 5.41) is 13.2. The van der Waals surface area contributed by atoms with Crippen LogP contribution in [0.2, 0.25) is 0 Å². The van der Waals surface area contributed by atoms with Crippen molar-refractivity contribution >= 4 is 34.5 Å². The number of hydrogen-bond acceptors (Lipinski definition) is 5. The van der Waals surface area contributed by atoms with Gasteiger partial charge in [-0.15, -0.1) is 0 Å². The molecule has 0 fully saturated rings. The number of nitrogens with zero attached hydrogens (tertiary/aromatic N) is 1. The summed E-state index contributed by atoms with van der Waals surface area (Å²) < 4.78 is 4.87. The van der Waals surface area contributed by atoms with Crippen molar-refractivity contribution in [2.45, 2.75) is 6.42 Å². The number of carbonyl (C=O) groups excluding carboxylic acids is 1. The molecule has 96 valence electrons. The number of ether oxygens (including phenoxy) is 1. The molecule has 0 radical (unpaired) electrons. The van der Waals surface area contributed by atoms with E-state index in [9.17, 15) is 14.9 Å². The molecule has 18 heavy (non-hydrogen) atoms. The Bertz CT molecular complexity index is 504. The lowest BCUT2D eigenvalue weighted by molar-refractivity contribution is -0.384. The van der Waals surface area contributed by atoms with Crippen molar-refractivity contribution in [2.75, 3.05) is 12.4 Å². The molecule has 1 rings (SSSR count). The van der Waals surface area contributed by atoms with Crippen LogP contribution in [0.5, 0.6) is 5.75 Å². The number of methoxy groups -OCH3 is 1. The molecule has 0 unspecified atom stereocenters. The number of carbonyl (C=O) groups is 1. The highest BCUT2D eigenvalue weighted by atomic mass is 32.1. The minimum Gasteiger partial charge on any atom is -0.496 e. The fraction of sp³-hybridized carbons (Fsp3) is 0.200. The lowest BCUT2D eigenvalue weighted by Crippen LogP contribution is -2.20. The maximum absolute atomic E-state index is 11.4. The summed E-state index contributed by atoms with van der Waals surface area (Å²) in [6.45, 7) is 0. The Kier molecular flexibility index (Phi) is 4.55. The Hall–Kier alpha value is -2.22. The van der Waals surface area contributed by atoms with E-state index in [1.165, 1.54) is 25.3 Å². The van der Waals surface area contributed by atoms with Crippen molar-refractivity contribution in [2.24, 2.45) is 5.73 Å². The van der Waals surface area contributed by atoms with Gasteiger partial charge in [0.1, 0.15) is 11.4 Å². The Morgan fingerprint density at radius 3 is 2.78 bits per heavy atom. The second-order valence-corrected chi connectivity index (χ2v) is 3.86. The summed E-state index contributed by atoms with van der Waals surface area (Å²) >= 11 is 4.58. The zero-order chi connectivity index (χ0) is 13.7. The Balaban J connectivity index is 2.98. The van der Waals surface area contributed by atoms with Crippen LogP contribution in [0.1, 0.15) is 6.42 Å². The molecule has 1 aromatic carbocycles. The highest BCUT2D eigenvalue weighted by Gasteiger charge is 2.17. The van der Waals surface area contributed by atoms with E-state index in [0.29, 0.717) is 5.75 Å². The van der Waals surface area contributed by atoms with Gasteiger partial charge in [-0.3, -0.25) is 14.9 Å². The molecule has 0 spiro atoms. The third kappa shape index (κ3) is 3.67. The Morgan fingerprint density at radius 1 is 1.61 bits per heavy atom. The molecule has 0 atom stereocenters. The molecule has 0 aliphatic rings. The van der Waals surface area contributed by atoms with Gasteiger partial charge in [0, 0.05) is 0 Å². The van der Waals surface area contributed by atoms with Gasteiger partial charge in [0.05, 0.1) is 29.5 Å². The van der Waals surface area contributed by atoms with Gasteiger partial charge in [0.15, 0.2) is 0 Å². The normalized spacial score (nSPS) is 9.61. The fourth-order valence-corrected chi connectivity index (χ4v) is 1.38. The van der Waals surface area contributed by atoms with Crippen molar-refractivity contribution in [1.29, 1.82) is 0 Å². The van der Waals surface area contributed by atoms with Crippen LogP contribution >= 0.6 is 12.2 Å². The number of hydrogen-bond donors (Lipinski definition) is 2. The van der Waals surface area contributed by atoms with Crippen LogP contribution < -0.4 is 15.8 Å². The average molecular weight is 269 g/mol. The summed E-state index contributed by atoms with van der Waals surface area (Å²) in [5.74, 6) is -0.176. The van der Waals surface area contributed by atoms with Crippen LogP contribution in [0.25, 0.3) is 0 Å². The summed E-state index contributed by atoms with van der Waals surface area (Å²) in [6, 6.07) is 4.11. The van der Waals surface area contributed by atoms with E-state index in [0.717, 1.165) is 0 Å². The Morgan fingerprint density at radius 2 is 2.28 bits per heavy atom. The van der Waals surface area contributed by atoms with Crippen molar-refractivity contribution in [1.82, 2.24) is 0 Å². The van der Waals surface area contributed by atoms with E-state index in [2.05, 4.69) is 17.5 Å². The largest absolute Gasteiger partial charge is 0.496 e. The summed E-state index contributed by atoms with van der Waals surface area (Å²) in [6.07, 6.45) is -0.168. The number of nitrogens with one attached hydrogen (secondary N) is 1. The van der Waals surface area contributed by atoms with E-state index in [-0.39, 0.29) is 22.8 Å². The topological polar surface area (TPSA) is 107 Å². The Labute approximate surface area is 108 Å². The lowest BCUT2D eigenvalue weighted by Gasteiger charge is -2.07. The summed E-state index contributed by atoms with van der Waals surface area (Å²) in [4.78, 5) is 21.7. The quantitative estimate of drug-likeness (QED) is 0.472. The predicted octanol–water partition coefficient (Wildman–Crippen LogP) is 1.22. The van der Waals surface area contributed by atoms with Gasteiger partial charge in [-0.05, 0) is 12.1 Å². The molecule has 8 heteroatoms. The van der Waals surface area contributed by atoms with E-state index in [1.54, 1.807) is 0 Å². The van der Waals surface area contributed by atoms with Gasteiger partial charge in [-0.25, -0.2) is 0 Å². The highest BCUT2D eigenvalue weighted by molar-refractivity contribution is 7.80. The van der Waals surface area contributed by atoms with Gasteiger partial charge in [0.2, 0.25) is 5.91 Å². The number of amides is 1. The van der Waals surface area contributed by atoms with Crippen LogP contribution in [0, 0.1) is 10.1 Å². The maximum Gasteiger partial charge on any atom is 0.296 e.